The predicted molar refractivity (Wildman–Crippen MR) is 54.8 cm³/mol. The van der Waals surface area contributed by atoms with Crippen LogP contribution in [0, 0.1) is 5.92 Å². The highest BCUT2D eigenvalue weighted by Gasteiger charge is 2.32. The summed E-state index contributed by atoms with van der Waals surface area (Å²) in [5.74, 6) is 1.42. The number of aromatic nitrogens is 4. The van der Waals surface area contributed by atoms with Gasteiger partial charge in [-0.25, -0.2) is 9.89 Å². The number of hydrogen-bond donors (Lipinski definition) is 2. The molecule has 0 aromatic carbocycles. The molecule has 2 heterocycles. The van der Waals surface area contributed by atoms with Gasteiger partial charge in [-0.05, 0) is 24.5 Å². The van der Waals surface area contributed by atoms with Gasteiger partial charge in [0.1, 0.15) is 5.82 Å². The van der Waals surface area contributed by atoms with Gasteiger partial charge in [0.05, 0.1) is 0 Å². The number of hydrogen-bond acceptors (Lipinski definition) is 4. The summed E-state index contributed by atoms with van der Waals surface area (Å²) in [6.45, 7) is 2.18. The Morgan fingerprint density at radius 3 is 3.13 bits per heavy atom. The van der Waals surface area contributed by atoms with Gasteiger partial charge in [0, 0.05) is 6.04 Å². The number of H-pyrrole nitrogens is 1. The summed E-state index contributed by atoms with van der Waals surface area (Å²) in [6.07, 6.45) is 1.17. The zero-order chi connectivity index (χ0) is 10.4. The lowest BCUT2D eigenvalue weighted by molar-refractivity contribution is 0.861. The lowest BCUT2D eigenvalue weighted by Gasteiger charge is -2.02. The molecule has 1 fully saturated rings. The van der Waals surface area contributed by atoms with E-state index in [2.05, 4.69) is 27.5 Å². The predicted octanol–water partition coefficient (Wildman–Crippen LogP) is 0.238. The van der Waals surface area contributed by atoms with Gasteiger partial charge in [-0.1, -0.05) is 6.92 Å². The molecule has 78 valence electrons. The zero-order valence-corrected chi connectivity index (χ0v) is 8.27. The molecule has 6 nitrogen and oxygen atoms in total. The van der Waals surface area contributed by atoms with Crippen LogP contribution in [0.4, 0.5) is 5.82 Å². The number of nitrogens with zero attached hydrogens (tertiary/aromatic N) is 3. The first-order valence-corrected chi connectivity index (χ1v) is 4.95. The van der Waals surface area contributed by atoms with Gasteiger partial charge < -0.3 is 5.32 Å². The minimum Gasteiger partial charge on any atom is -0.366 e. The summed E-state index contributed by atoms with van der Waals surface area (Å²) < 4.78 is 1.26. The van der Waals surface area contributed by atoms with Crippen molar-refractivity contribution in [3.05, 3.63) is 22.6 Å². The molecule has 15 heavy (non-hydrogen) atoms. The minimum absolute atomic E-state index is 0.308. The van der Waals surface area contributed by atoms with E-state index in [4.69, 9.17) is 0 Å². The average molecular weight is 205 g/mol. The van der Waals surface area contributed by atoms with Crippen molar-refractivity contribution < 1.29 is 0 Å². The van der Waals surface area contributed by atoms with Crippen molar-refractivity contribution in [1.82, 2.24) is 19.8 Å². The highest BCUT2D eigenvalue weighted by atomic mass is 16.2. The van der Waals surface area contributed by atoms with Crippen molar-refractivity contribution in [2.24, 2.45) is 5.92 Å². The molecule has 0 bridgehead atoms. The van der Waals surface area contributed by atoms with E-state index in [1.807, 2.05) is 6.07 Å². The standard InChI is InChI=1S/C9H11N5O/c1-5-4-6(5)10-7-2-3-8-11-12-9(15)14(8)13-7/h2-3,5-6H,4H2,1H3,(H,10,13)(H,12,15). The first-order chi connectivity index (χ1) is 7.24. The molecule has 2 unspecified atom stereocenters. The molecule has 1 aliphatic rings. The number of fused-ring (bicyclic) bond motifs is 1. The van der Waals surface area contributed by atoms with Crippen LogP contribution in [0.5, 0.6) is 0 Å². The van der Waals surface area contributed by atoms with E-state index >= 15 is 0 Å². The van der Waals surface area contributed by atoms with E-state index in [0.717, 1.165) is 5.82 Å². The lowest BCUT2D eigenvalue weighted by Crippen LogP contribution is -2.14. The second kappa shape index (κ2) is 2.82. The summed E-state index contributed by atoms with van der Waals surface area (Å²) >= 11 is 0. The molecule has 0 aliphatic heterocycles. The van der Waals surface area contributed by atoms with Crippen molar-refractivity contribution in [2.45, 2.75) is 19.4 Å². The fourth-order valence-corrected chi connectivity index (χ4v) is 1.59. The minimum atomic E-state index is -0.308. The van der Waals surface area contributed by atoms with Gasteiger partial charge in [0.15, 0.2) is 5.65 Å². The van der Waals surface area contributed by atoms with Crippen LogP contribution < -0.4 is 11.0 Å². The zero-order valence-electron chi connectivity index (χ0n) is 8.27. The van der Waals surface area contributed by atoms with Crippen molar-refractivity contribution in [1.29, 1.82) is 0 Å². The molecule has 2 aromatic rings. The summed E-state index contributed by atoms with van der Waals surface area (Å²) in [5, 5.41) is 13.6. The molecule has 0 saturated heterocycles. The molecular weight excluding hydrogens is 194 g/mol. The summed E-state index contributed by atoms with van der Waals surface area (Å²) in [7, 11) is 0. The van der Waals surface area contributed by atoms with Gasteiger partial charge in [0.25, 0.3) is 0 Å². The number of anilines is 1. The quantitative estimate of drug-likeness (QED) is 0.736. The smallest absolute Gasteiger partial charge is 0.364 e. The van der Waals surface area contributed by atoms with Crippen LogP contribution in [0.1, 0.15) is 13.3 Å². The van der Waals surface area contributed by atoms with Crippen molar-refractivity contribution in [3.63, 3.8) is 0 Å². The molecule has 6 heteroatoms. The molecule has 2 N–H and O–H groups in total. The maximum Gasteiger partial charge on any atom is 0.364 e. The van der Waals surface area contributed by atoms with E-state index in [-0.39, 0.29) is 5.69 Å². The van der Waals surface area contributed by atoms with E-state index in [1.165, 1.54) is 10.9 Å². The third kappa shape index (κ3) is 1.38. The van der Waals surface area contributed by atoms with Gasteiger partial charge >= 0.3 is 5.69 Å². The average Bonchev–Trinajstić information content (AvgIpc) is 2.78. The van der Waals surface area contributed by atoms with E-state index < -0.39 is 0 Å². The van der Waals surface area contributed by atoms with E-state index in [1.54, 1.807) is 6.07 Å². The van der Waals surface area contributed by atoms with Gasteiger partial charge in [0.2, 0.25) is 0 Å². The SMILES string of the molecule is CC1CC1Nc1ccc2n[nH]c(=O)n2n1. The van der Waals surface area contributed by atoms with Gasteiger partial charge in [-0.15, -0.1) is 5.10 Å². The second-order valence-corrected chi connectivity index (χ2v) is 3.98. The molecule has 3 rings (SSSR count). The number of aromatic amines is 1. The first-order valence-electron chi connectivity index (χ1n) is 4.95. The summed E-state index contributed by atoms with van der Waals surface area (Å²) in [4.78, 5) is 11.3. The molecule has 1 saturated carbocycles. The topological polar surface area (TPSA) is 75.1 Å². The molecule has 0 amide bonds. The Bertz CT molecular complexity index is 557. The fraction of sp³-hybridized carbons (Fsp3) is 0.444. The Kier molecular flexibility index (Phi) is 1.59. The second-order valence-electron chi connectivity index (χ2n) is 3.98. The molecule has 0 radical (unpaired) electrons. The third-order valence-electron chi connectivity index (χ3n) is 2.72. The summed E-state index contributed by atoms with van der Waals surface area (Å²) in [5.41, 5.74) is 0.229. The van der Waals surface area contributed by atoms with Crippen LogP contribution in [0.2, 0.25) is 0 Å². The summed E-state index contributed by atoms with van der Waals surface area (Å²) in [6, 6.07) is 4.10. The molecule has 2 atom stereocenters. The molecular formula is C9H11N5O. The van der Waals surface area contributed by atoms with Crippen LogP contribution in [0.15, 0.2) is 16.9 Å². The largest absolute Gasteiger partial charge is 0.366 e. The van der Waals surface area contributed by atoms with Crippen LogP contribution in [0.25, 0.3) is 5.65 Å². The van der Waals surface area contributed by atoms with Crippen LogP contribution >= 0.6 is 0 Å². The number of nitrogens with one attached hydrogen (secondary N) is 2. The Morgan fingerprint density at radius 2 is 2.40 bits per heavy atom. The van der Waals surface area contributed by atoms with E-state index in [0.29, 0.717) is 17.6 Å². The lowest BCUT2D eigenvalue weighted by atomic mass is 10.4. The maximum atomic E-state index is 11.3. The Labute approximate surface area is 85.3 Å². The van der Waals surface area contributed by atoms with Gasteiger partial charge in [-0.2, -0.15) is 9.61 Å². The fourth-order valence-electron chi connectivity index (χ4n) is 1.59. The molecule has 2 aromatic heterocycles. The Balaban J connectivity index is 1.98. The van der Waals surface area contributed by atoms with Crippen molar-refractivity contribution >= 4 is 11.5 Å². The number of rotatable bonds is 2. The van der Waals surface area contributed by atoms with Crippen LogP contribution in [-0.2, 0) is 0 Å². The van der Waals surface area contributed by atoms with Crippen LogP contribution in [0.3, 0.4) is 0 Å². The Hall–Kier alpha value is -1.85. The first kappa shape index (κ1) is 8.46. The Morgan fingerprint density at radius 1 is 1.60 bits per heavy atom. The van der Waals surface area contributed by atoms with Crippen molar-refractivity contribution in [3.8, 4) is 0 Å². The van der Waals surface area contributed by atoms with E-state index in [9.17, 15) is 4.79 Å². The maximum absolute atomic E-state index is 11.3. The third-order valence-corrected chi connectivity index (χ3v) is 2.72. The van der Waals surface area contributed by atoms with Gasteiger partial charge in [-0.3, -0.25) is 0 Å². The monoisotopic (exact) mass is 205 g/mol. The normalized spacial score (nSPS) is 24.3. The highest BCUT2D eigenvalue weighted by Crippen LogP contribution is 2.31. The van der Waals surface area contributed by atoms with Crippen molar-refractivity contribution in [2.75, 3.05) is 5.32 Å². The molecule has 0 spiro atoms. The van der Waals surface area contributed by atoms with Crippen LogP contribution in [-0.4, -0.2) is 25.9 Å². The molecule has 1 aliphatic carbocycles. The highest BCUT2D eigenvalue weighted by molar-refractivity contribution is 5.44.